The molecule has 10 heteroatoms. The number of benzene rings is 4. The predicted molar refractivity (Wildman–Crippen MR) is 168 cm³/mol. The Balaban J connectivity index is 1.76. The zero-order valence-corrected chi connectivity index (χ0v) is 25.5. The molecule has 230 valence electrons. The molecule has 0 fully saturated rings. The van der Waals surface area contributed by atoms with E-state index in [-0.39, 0.29) is 29.5 Å². The Kier molecular flexibility index (Phi) is 11.1. The van der Waals surface area contributed by atoms with Gasteiger partial charge in [0.1, 0.15) is 24.2 Å². The van der Waals surface area contributed by atoms with Gasteiger partial charge in [-0.05, 0) is 73.5 Å². The molecule has 0 saturated carbocycles. The number of hydrogen-bond donors (Lipinski definition) is 1. The maximum Gasteiger partial charge on any atom is 0.264 e. The van der Waals surface area contributed by atoms with Gasteiger partial charge in [0.2, 0.25) is 11.8 Å². The van der Waals surface area contributed by atoms with Crippen molar-refractivity contribution in [3.8, 4) is 5.75 Å². The zero-order chi connectivity index (χ0) is 31.5. The Bertz CT molecular complexity index is 1620. The number of carbonyl (C=O) groups is 2. The largest absolute Gasteiger partial charge is 0.494 e. The van der Waals surface area contributed by atoms with Gasteiger partial charge in [0, 0.05) is 19.5 Å². The molecule has 4 aromatic rings. The third-order valence-corrected chi connectivity index (χ3v) is 8.72. The van der Waals surface area contributed by atoms with Crippen molar-refractivity contribution in [1.82, 2.24) is 10.2 Å². The number of nitrogens with one attached hydrogen (secondary N) is 1. The molecule has 0 aliphatic heterocycles. The van der Waals surface area contributed by atoms with E-state index < -0.39 is 34.3 Å². The van der Waals surface area contributed by atoms with E-state index >= 15 is 0 Å². The van der Waals surface area contributed by atoms with Gasteiger partial charge in [0.05, 0.1) is 17.2 Å². The van der Waals surface area contributed by atoms with Crippen molar-refractivity contribution in [2.45, 2.75) is 37.8 Å². The number of hydrogen-bond acceptors (Lipinski definition) is 5. The molecule has 0 saturated heterocycles. The van der Waals surface area contributed by atoms with Crippen molar-refractivity contribution in [2.24, 2.45) is 0 Å². The molecule has 0 aromatic heterocycles. The molecular formula is C34H36FN3O5S. The number of sulfonamides is 1. The van der Waals surface area contributed by atoms with Crippen molar-refractivity contribution < 1.29 is 27.1 Å². The number of anilines is 1. The molecule has 0 bridgehead atoms. The van der Waals surface area contributed by atoms with E-state index in [0.29, 0.717) is 18.9 Å². The average Bonchev–Trinajstić information content (AvgIpc) is 3.03. The monoisotopic (exact) mass is 617 g/mol. The standard InChI is InChI=1S/C34H36FN3O5S/c1-3-36-34(40)32(23-26-11-7-5-8-12-26)37(24-27-13-9-6-10-14-27)33(39)25-38(29-17-15-28(35)16-18-29)44(41,42)31-21-19-30(20-22-31)43-4-2/h5-22,32H,3-4,23-25H2,1-2H3,(H,36,40)/t32-/m0/s1. The summed E-state index contributed by atoms with van der Waals surface area (Å²) in [5.41, 5.74) is 1.71. The minimum absolute atomic E-state index is 0.0642. The topological polar surface area (TPSA) is 96.0 Å². The first-order valence-corrected chi connectivity index (χ1v) is 15.8. The number of nitrogens with zero attached hydrogens (tertiary/aromatic N) is 2. The van der Waals surface area contributed by atoms with Crippen LogP contribution in [-0.4, -0.2) is 50.9 Å². The van der Waals surface area contributed by atoms with Gasteiger partial charge < -0.3 is 15.0 Å². The maximum atomic E-state index is 14.3. The summed E-state index contributed by atoms with van der Waals surface area (Å²) in [6.45, 7) is 3.81. The molecule has 4 rings (SSSR count). The first-order valence-electron chi connectivity index (χ1n) is 14.4. The van der Waals surface area contributed by atoms with Crippen LogP contribution in [0, 0.1) is 5.82 Å². The van der Waals surface area contributed by atoms with Gasteiger partial charge in [-0.1, -0.05) is 60.7 Å². The second-order valence-electron chi connectivity index (χ2n) is 10.00. The summed E-state index contributed by atoms with van der Waals surface area (Å²) in [6, 6.07) is 28.3. The van der Waals surface area contributed by atoms with Crippen LogP contribution in [0.3, 0.4) is 0 Å². The van der Waals surface area contributed by atoms with Gasteiger partial charge in [-0.2, -0.15) is 0 Å². The van der Waals surface area contributed by atoms with Gasteiger partial charge in [-0.3, -0.25) is 13.9 Å². The number of rotatable bonds is 14. The quantitative estimate of drug-likeness (QED) is 0.210. The Hall–Kier alpha value is -4.70. The molecule has 1 atom stereocenters. The van der Waals surface area contributed by atoms with Crippen LogP contribution >= 0.6 is 0 Å². The van der Waals surface area contributed by atoms with Crippen LogP contribution in [0.1, 0.15) is 25.0 Å². The van der Waals surface area contributed by atoms with E-state index in [1.54, 1.807) is 6.92 Å². The molecular weight excluding hydrogens is 581 g/mol. The van der Waals surface area contributed by atoms with E-state index in [0.717, 1.165) is 27.6 Å². The Morgan fingerprint density at radius 2 is 1.41 bits per heavy atom. The highest BCUT2D eigenvalue weighted by atomic mass is 32.2. The SMILES string of the molecule is CCNC(=O)[C@H](Cc1ccccc1)N(Cc1ccccc1)C(=O)CN(c1ccc(F)cc1)S(=O)(=O)c1ccc(OCC)cc1. The molecule has 0 radical (unpaired) electrons. The van der Waals surface area contributed by atoms with Gasteiger partial charge >= 0.3 is 0 Å². The molecule has 44 heavy (non-hydrogen) atoms. The van der Waals surface area contributed by atoms with E-state index in [1.807, 2.05) is 67.6 Å². The summed E-state index contributed by atoms with van der Waals surface area (Å²) in [4.78, 5) is 29.1. The molecule has 0 aliphatic rings. The van der Waals surface area contributed by atoms with Gasteiger partial charge in [-0.15, -0.1) is 0 Å². The van der Waals surface area contributed by atoms with Crippen LogP contribution in [0.2, 0.25) is 0 Å². The van der Waals surface area contributed by atoms with Gasteiger partial charge in [0.25, 0.3) is 10.0 Å². The lowest BCUT2D eigenvalue weighted by atomic mass is 10.0. The second kappa shape index (κ2) is 15.2. The number of likely N-dealkylation sites (N-methyl/N-ethyl adjacent to an activating group) is 1. The van der Waals surface area contributed by atoms with Gasteiger partial charge in [0.15, 0.2) is 0 Å². The number of carbonyl (C=O) groups excluding carboxylic acids is 2. The Morgan fingerprint density at radius 1 is 0.818 bits per heavy atom. The zero-order valence-electron chi connectivity index (χ0n) is 24.7. The molecule has 0 heterocycles. The van der Waals surface area contributed by atoms with Crippen molar-refractivity contribution in [3.63, 3.8) is 0 Å². The summed E-state index contributed by atoms with van der Waals surface area (Å²) in [5.74, 6) is -1.01. The van der Waals surface area contributed by atoms with Crippen molar-refractivity contribution in [3.05, 3.63) is 126 Å². The number of ether oxygens (including phenoxy) is 1. The molecule has 2 amide bonds. The molecule has 8 nitrogen and oxygen atoms in total. The lowest BCUT2D eigenvalue weighted by molar-refractivity contribution is -0.140. The smallest absolute Gasteiger partial charge is 0.264 e. The predicted octanol–water partition coefficient (Wildman–Crippen LogP) is 5.20. The average molecular weight is 618 g/mol. The lowest BCUT2D eigenvalue weighted by Gasteiger charge is -2.33. The Morgan fingerprint density at radius 3 is 1.98 bits per heavy atom. The summed E-state index contributed by atoms with van der Waals surface area (Å²) in [5, 5.41) is 2.83. The summed E-state index contributed by atoms with van der Waals surface area (Å²) < 4.78 is 48.4. The first-order chi connectivity index (χ1) is 21.2. The number of halogens is 1. The third-order valence-electron chi connectivity index (χ3n) is 6.93. The summed E-state index contributed by atoms with van der Waals surface area (Å²) in [6.07, 6.45) is 0.216. The van der Waals surface area contributed by atoms with Crippen LogP contribution in [0.5, 0.6) is 5.75 Å². The lowest BCUT2D eigenvalue weighted by Crippen LogP contribution is -2.53. The van der Waals surface area contributed by atoms with Crippen molar-refractivity contribution >= 4 is 27.5 Å². The van der Waals surface area contributed by atoms with Crippen LogP contribution in [0.15, 0.2) is 114 Å². The molecule has 1 N–H and O–H groups in total. The van der Waals surface area contributed by atoms with Crippen LogP contribution in [0.25, 0.3) is 0 Å². The fourth-order valence-electron chi connectivity index (χ4n) is 4.76. The molecule has 0 spiro atoms. The summed E-state index contributed by atoms with van der Waals surface area (Å²) >= 11 is 0. The van der Waals surface area contributed by atoms with E-state index in [4.69, 9.17) is 4.74 Å². The van der Waals surface area contributed by atoms with Gasteiger partial charge in [-0.25, -0.2) is 12.8 Å². The van der Waals surface area contributed by atoms with Crippen LogP contribution in [0.4, 0.5) is 10.1 Å². The Labute approximate surface area is 258 Å². The summed E-state index contributed by atoms with van der Waals surface area (Å²) in [7, 11) is -4.31. The van der Waals surface area contributed by atoms with Crippen LogP contribution < -0.4 is 14.4 Å². The highest BCUT2D eigenvalue weighted by Gasteiger charge is 2.34. The fraction of sp³-hybridized carbons (Fsp3) is 0.235. The molecule has 4 aromatic carbocycles. The normalized spacial score (nSPS) is 11.8. The highest BCUT2D eigenvalue weighted by Crippen LogP contribution is 2.26. The van der Waals surface area contributed by atoms with Crippen molar-refractivity contribution in [1.29, 1.82) is 0 Å². The molecule has 0 aliphatic carbocycles. The highest BCUT2D eigenvalue weighted by molar-refractivity contribution is 7.92. The minimum atomic E-state index is -4.31. The minimum Gasteiger partial charge on any atom is -0.494 e. The maximum absolute atomic E-state index is 14.3. The van der Waals surface area contributed by atoms with E-state index in [1.165, 1.54) is 41.3 Å². The third kappa shape index (κ3) is 8.23. The number of amides is 2. The second-order valence-corrected chi connectivity index (χ2v) is 11.9. The van der Waals surface area contributed by atoms with Crippen LogP contribution in [-0.2, 0) is 32.6 Å². The van der Waals surface area contributed by atoms with E-state index in [9.17, 15) is 22.4 Å². The molecule has 0 unspecified atom stereocenters. The fourth-order valence-corrected chi connectivity index (χ4v) is 6.18. The van der Waals surface area contributed by atoms with Crippen molar-refractivity contribution in [2.75, 3.05) is 24.0 Å². The first kappa shape index (κ1) is 32.2. The van der Waals surface area contributed by atoms with E-state index in [2.05, 4.69) is 5.32 Å².